The molecule has 218 valence electrons. The number of benzene rings is 1. The maximum absolute atomic E-state index is 13.9. The molecule has 0 saturated carbocycles. The Bertz CT molecular complexity index is 1670. The minimum Gasteiger partial charge on any atom is -0.397 e. The van der Waals surface area contributed by atoms with E-state index < -0.39 is 17.8 Å². The van der Waals surface area contributed by atoms with Gasteiger partial charge >= 0.3 is 6.18 Å². The van der Waals surface area contributed by atoms with E-state index in [9.17, 15) is 22.8 Å². The van der Waals surface area contributed by atoms with Gasteiger partial charge in [0, 0.05) is 44.1 Å². The number of hydrogen-bond acceptors (Lipinski definition) is 7. The van der Waals surface area contributed by atoms with E-state index in [4.69, 9.17) is 17.3 Å². The van der Waals surface area contributed by atoms with Crippen LogP contribution in [0.1, 0.15) is 39.5 Å². The SMILES string of the molecule is Cn1c(-c2cn(-c3ccc(N)cn3)nc2C(F)(F)F)cnc1C(=O)Nc1ccc(C(=O)N2C3CCC2CNC3)c(Cl)c1. The van der Waals surface area contributed by atoms with E-state index in [-0.39, 0.29) is 45.9 Å². The first-order valence-corrected chi connectivity index (χ1v) is 13.4. The van der Waals surface area contributed by atoms with E-state index >= 15 is 0 Å². The lowest BCUT2D eigenvalue weighted by Crippen LogP contribution is -2.54. The number of aromatic nitrogens is 5. The van der Waals surface area contributed by atoms with Crippen LogP contribution in [0.2, 0.25) is 5.02 Å². The summed E-state index contributed by atoms with van der Waals surface area (Å²) in [6.07, 6.45) is 0.717. The van der Waals surface area contributed by atoms with Crippen LogP contribution >= 0.6 is 11.6 Å². The van der Waals surface area contributed by atoms with Crippen molar-refractivity contribution in [3.63, 3.8) is 0 Å². The molecular formula is C27H25ClF3N9O2. The molecule has 0 radical (unpaired) electrons. The van der Waals surface area contributed by atoms with E-state index in [1.54, 1.807) is 12.1 Å². The topological polar surface area (TPSA) is 136 Å². The third-order valence-corrected chi connectivity index (χ3v) is 7.84. The molecule has 42 heavy (non-hydrogen) atoms. The normalized spacial score (nSPS) is 18.4. The average Bonchev–Trinajstić information content (AvgIpc) is 3.62. The van der Waals surface area contributed by atoms with Crippen molar-refractivity contribution in [2.24, 2.45) is 7.05 Å². The number of carbonyl (C=O) groups is 2. The van der Waals surface area contributed by atoms with Crippen LogP contribution < -0.4 is 16.4 Å². The van der Waals surface area contributed by atoms with Crippen LogP contribution in [-0.2, 0) is 13.2 Å². The van der Waals surface area contributed by atoms with Crippen molar-refractivity contribution in [3.8, 4) is 17.1 Å². The number of alkyl halides is 3. The summed E-state index contributed by atoms with van der Waals surface area (Å²) in [5.41, 5.74) is 5.17. The molecule has 2 amide bonds. The smallest absolute Gasteiger partial charge is 0.397 e. The minimum atomic E-state index is -4.79. The van der Waals surface area contributed by atoms with Crippen LogP contribution in [0, 0.1) is 0 Å². The number of nitrogens with one attached hydrogen (secondary N) is 2. The van der Waals surface area contributed by atoms with Gasteiger partial charge in [0.1, 0.15) is 0 Å². The zero-order chi connectivity index (χ0) is 29.8. The second-order valence-electron chi connectivity index (χ2n) is 10.2. The van der Waals surface area contributed by atoms with Gasteiger partial charge in [-0.2, -0.15) is 18.3 Å². The van der Waals surface area contributed by atoms with Gasteiger partial charge in [-0.3, -0.25) is 9.59 Å². The van der Waals surface area contributed by atoms with Gasteiger partial charge in [-0.25, -0.2) is 14.6 Å². The number of piperazine rings is 1. The Morgan fingerprint density at radius 3 is 2.48 bits per heavy atom. The van der Waals surface area contributed by atoms with Crippen molar-refractivity contribution in [2.45, 2.75) is 31.1 Å². The molecule has 15 heteroatoms. The number of imidazole rings is 1. The third kappa shape index (κ3) is 4.96. The van der Waals surface area contributed by atoms with Crippen molar-refractivity contribution in [1.82, 2.24) is 34.5 Å². The highest BCUT2D eigenvalue weighted by Crippen LogP contribution is 2.37. The quantitative estimate of drug-likeness (QED) is 0.318. The Morgan fingerprint density at radius 2 is 1.83 bits per heavy atom. The number of nitrogens with two attached hydrogens (primary N) is 1. The van der Waals surface area contributed by atoms with Crippen LogP contribution in [0.4, 0.5) is 24.5 Å². The number of halogens is 4. The molecule has 2 atom stereocenters. The molecule has 4 N–H and O–H groups in total. The summed E-state index contributed by atoms with van der Waals surface area (Å²) in [6.45, 7) is 1.48. The molecule has 11 nitrogen and oxygen atoms in total. The molecule has 3 aromatic heterocycles. The van der Waals surface area contributed by atoms with Gasteiger partial charge in [0.05, 0.1) is 39.9 Å². The number of fused-ring (bicyclic) bond motifs is 2. The summed E-state index contributed by atoms with van der Waals surface area (Å²) >= 11 is 6.46. The highest BCUT2D eigenvalue weighted by molar-refractivity contribution is 6.34. The van der Waals surface area contributed by atoms with Crippen molar-refractivity contribution in [1.29, 1.82) is 0 Å². The fourth-order valence-electron chi connectivity index (χ4n) is 5.49. The lowest BCUT2D eigenvalue weighted by Gasteiger charge is -2.35. The second-order valence-corrected chi connectivity index (χ2v) is 10.6. The molecular weight excluding hydrogens is 575 g/mol. The fraction of sp³-hybridized carbons (Fsp3) is 0.296. The van der Waals surface area contributed by atoms with Crippen molar-refractivity contribution >= 4 is 34.8 Å². The number of pyridine rings is 1. The van der Waals surface area contributed by atoms with E-state index in [0.717, 1.165) is 30.6 Å². The minimum absolute atomic E-state index is 0.0128. The number of amides is 2. The molecule has 0 aliphatic carbocycles. The van der Waals surface area contributed by atoms with E-state index in [1.165, 1.54) is 48.4 Å². The molecule has 5 heterocycles. The molecule has 2 unspecified atom stereocenters. The Hall–Kier alpha value is -4.43. The zero-order valence-corrected chi connectivity index (χ0v) is 22.9. The number of anilines is 2. The number of rotatable bonds is 5. The van der Waals surface area contributed by atoms with Gasteiger partial charge in [0.25, 0.3) is 11.8 Å². The maximum Gasteiger partial charge on any atom is 0.435 e. The Kier molecular flexibility index (Phi) is 6.89. The predicted molar refractivity (Wildman–Crippen MR) is 148 cm³/mol. The van der Waals surface area contributed by atoms with Gasteiger partial charge in [0.15, 0.2) is 17.3 Å². The third-order valence-electron chi connectivity index (χ3n) is 7.53. The highest BCUT2D eigenvalue weighted by Gasteiger charge is 2.41. The number of carbonyl (C=O) groups excluding carboxylic acids is 2. The van der Waals surface area contributed by atoms with Gasteiger partial charge in [-0.15, -0.1) is 0 Å². The predicted octanol–water partition coefficient (Wildman–Crippen LogP) is 3.75. The molecule has 2 aliphatic rings. The molecule has 1 aromatic carbocycles. The second kappa shape index (κ2) is 10.4. The molecule has 6 rings (SSSR count). The first kappa shape index (κ1) is 27.7. The van der Waals surface area contributed by atoms with Crippen LogP contribution in [0.25, 0.3) is 17.1 Å². The molecule has 0 spiro atoms. The number of nitrogens with zero attached hydrogens (tertiary/aromatic N) is 6. The summed E-state index contributed by atoms with van der Waals surface area (Å²) in [6, 6.07) is 7.75. The fourth-order valence-corrected chi connectivity index (χ4v) is 5.76. The Balaban J connectivity index is 1.24. The molecule has 2 aliphatic heterocycles. The standard InChI is InChI=1S/C27H25ClF3N9O2/c1-38-21(19-13-39(37-23(19)27(29,30)31)22-7-2-14(32)9-34-22)12-35-24(38)25(41)36-15-3-6-18(20(28)8-15)26(42)40-16-4-5-17(40)11-33-10-16/h2-3,6-9,12-13,16-17,33H,4-5,10-11,32H2,1H3,(H,36,41). The number of nitrogen functional groups attached to an aromatic ring is 1. The van der Waals surface area contributed by atoms with Crippen LogP contribution in [-0.4, -0.2) is 66.2 Å². The summed E-state index contributed by atoms with van der Waals surface area (Å²) in [5, 5.41) is 9.86. The van der Waals surface area contributed by atoms with Crippen LogP contribution in [0.5, 0.6) is 0 Å². The van der Waals surface area contributed by atoms with Gasteiger partial charge in [-0.05, 0) is 43.2 Å². The summed E-state index contributed by atoms with van der Waals surface area (Å²) in [7, 11) is 1.42. The van der Waals surface area contributed by atoms with Crippen LogP contribution in [0.15, 0.2) is 48.9 Å². The number of hydrogen-bond donors (Lipinski definition) is 3. The monoisotopic (exact) mass is 599 g/mol. The Labute approximate surface area is 242 Å². The van der Waals surface area contributed by atoms with Gasteiger partial charge in [-0.1, -0.05) is 11.6 Å². The molecule has 4 aromatic rings. The van der Waals surface area contributed by atoms with Crippen molar-refractivity contribution in [2.75, 3.05) is 24.1 Å². The first-order chi connectivity index (χ1) is 20.0. The summed E-state index contributed by atoms with van der Waals surface area (Å²) in [4.78, 5) is 36.3. The molecule has 2 saturated heterocycles. The molecule has 2 bridgehead atoms. The Morgan fingerprint density at radius 1 is 1.10 bits per heavy atom. The largest absolute Gasteiger partial charge is 0.435 e. The van der Waals surface area contributed by atoms with Crippen molar-refractivity contribution in [3.05, 3.63) is 71.0 Å². The van der Waals surface area contributed by atoms with Gasteiger partial charge < -0.3 is 25.8 Å². The van der Waals surface area contributed by atoms with Gasteiger partial charge in [0.2, 0.25) is 0 Å². The zero-order valence-electron chi connectivity index (χ0n) is 22.2. The van der Waals surface area contributed by atoms with Crippen molar-refractivity contribution < 1.29 is 22.8 Å². The molecule has 2 fully saturated rings. The summed E-state index contributed by atoms with van der Waals surface area (Å²) in [5.74, 6) is -0.856. The average molecular weight is 600 g/mol. The first-order valence-electron chi connectivity index (χ1n) is 13.1. The van der Waals surface area contributed by atoms with E-state index in [2.05, 4.69) is 25.7 Å². The summed E-state index contributed by atoms with van der Waals surface area (Å²) < 4.78 is 44.0. The lowest BCUT2D eigenvalue weighted by molar-refractivity contribution is -0.140. The van der Waals surface area contributed by atoms with E-state index in [0.29, 0.717) is 16.9 Å². The highest BCUT2D eigenvalue weighted by atomic mass is 35.5. The maximum atomic E-state index is 13.9. The lowest BCUT2D eigenvalue weighted by atomic mass is 10.1. The van der Waals surface area contributed by atoms with E-state index in [1.807, 2.05) is 4.90 Å². The van der Waals surface area contributed by atoms with Crippen LogP contribution in [0.3, 0.4) is 0 Å².